The summed E-state index contributed by atoms with van der Waals surface area (Å²) in [6, 6.07) is 0. The Bertz CT molecular complexity index is 543. The lowest BCUT2D eigenvalue weighted by Crippen LogP contribution is -2.29. The van der Waals surface area contributed by atoms with Gasteiger partial charge in [0.25, 0.3) is 0 Å². The molecule has 0 heterocycles. The SMILES string of the molecule is CCCCCC(=O)O.CCCCCC(=O)O.CCCCCCCCCCCCCCCCC(CC)(CC)C(=O)O.[AlH3]. The van der Waals surface area contributed by atoms with Gasteiger partial charge in [-0.2, -0.15) is 0 Å². The summed E-state index contributed by atoms with van der Waals surface area (Å²) in [5.74, 6) is -1.96. The van der Waals surface area contributed by atoms with Crippen LogP contribution in [0.25, 0.3) is 0 Å². The normalized spacial score (nSPS) is 10.5. The van der Waals surface area contributed by atoms with Crippen molar-refractivity contribution in [1.82, 2.24) is 0 Å². The quantitative estimate of drug-likeness (QED) is 0.0671. The van der Waals surface area contributed by atoms with Gasteiger partial charge >= 0.3 is 17.9 Å². The van der Waals surface area contributed by atoms with E-state index in [1.54, 1.807) is 0 Å². The average molecular weight is 603 g/mol. The van der Waals surface area contributed by atoms with Crippen molar-refractivity contribution in [2.75, 3.05) is 0 Å². The van der Waals surface area contributed by atoms with E-state index in [1.165, 1.54) is 83.5 Å². The number of aliphatic carboxylic acids is 3. The Labute approximate surface area is 265 Å². The predicted molar refractivity (Wildman–Crippen MR) is 179 cm³/mol. The molecule has 7 heteroatoms. The standard InChI is InChI=1S/C22H44O2.2C6H12O2.Al.3H/c1-4-7-8-9-10-11-12-13-14-15-16-17-18-19-20-22(5-2,6-3)21(23)24;2*1-2-3-4-5-6(7)8;;;;/h4-20H2,1-3H3,(H,23,24);2*2-5H2,1H3,(H,7,8);;;;. The van der Waals surface area contributed by atoms with Gasteiger partial charge < -0.3 is 15.3 Å². The molecule has 0 aliphatic heterocycles. The van der Waals surface area contributed by atoms with Crippen LogP contribution in [0, 0.1) is 5.41 Å². The molecule has 6 nitrogen and oxygen atoms in total. The Balaban J connectivity index is -0.000000329. The van der Waals surface area contributed by atoms with E-state index in [-0.39, 0.29) is 17.4 Å². The van der Waals surface area contributed by atoms with Crippen molar-refractivity contribution in [3.8, 4) is 0 Å². The van der Waals surface area contributed by atoms with Crippen molar-refractivity contribution in [1.29, 1.82) is 0 Å². The zero-order valence-electron chi connectivity index (χ0n) is 27.2. The third-order valence-corrected chi connectivity index (χ3v) is 7.80. The fourth-order valence-electron chi connectivity index (χ4n) is 4.72. The second kappa shape index (κ2) is 37.0. The summed E-state index contributed by atoms with van der Waals surface area (Å²) in [4.78, 5) is 31.2. The van der Waals surface area contributed by atoms with E-state index in [1.807, 2.05) is 13.8 Å². The number of hydrogen-bond acceptors (Lipinski definition) is 3. The van der Waals surface area contributed by atoms with Gasteiger partial charge in [0.05, 0.1) is 5.41 Å². The van der Waals surface area contributed by atoms with Gasteiger partial charge in [0.2, 0.25) is 0 Å². The summed E-state index contributed by atoms with van der Waals surface area (Å²) in [5, 5.41) is 25.7. The van der Waals surface area contributed by atoms with Gasteiger partial charge in [-0.05, 0) is 32.1 Å². The van der Waals surface area contributed by atoms with Crippen LogP contribution in [0.5, 0.6) is 0 Å². The fourth-order valence-corrected chi connectivity index (χ4v) is 4.72. The number of carboxylic acids is 3. The average Bonchev–Trinajstić information content (AvgIpc) is 2.92. The molecule has 0 spiro atoms. The molecule has 0 fully saturated rings. The molecule has 0 aromatic heterocycles. The van der Waals surface area contributed by atoms with Gasteiger partial charge in [-0.3, -0.25) is 14.4 Å². The number of unbranched alkanes of at least 4 members (excludes halogenated alkanes) is 17. The lowest BCUT2D eigenvalue weighted by atomic mass is 9.78. The van der Waals surface area contributed by atoms with E-state index < -0.39 is 23.3 Å². The van der Waals surface area contributed by atoms with Gasteiger partial charge in [-0.25, -0.2) is 0 Å². The first-order valence-electron chi connectivity index (χ1n) is 16.8. The van der Waals surface area contributed by atoms with Crippen LogP contribution in [0.3, 0.4) is 0 Å². The van der Waals surface area contributed by atoms with Crippen LogP contribution < -0.4 is 0 Å². The zero-order valence-corrected chi connectivity index (χ0v) is 27.2. The van der Waals surface area contributed by atoms with Crippen LogP contribution in [-0.2, 0) is 14.4 Å². The summed E-state index contributed by atoms with van der Waals surface area (Å²) in [6.45, 7) is 10.4. The molecule has 0 saturated carbocycles. The number of carbonyl (C=O) groups is 3. The summed E-state index contributed by atoms with van der Waals surface area (Å²) in [6.07, 6.45) is 27.8. The van der Waals surface area contributed by atoms with Crippen molar-refractivity contribution in [2.45, 2.75) is 195 Å². The molecule has 0 radical (unpaired) electrons. The van der Waals surface area contributed by atoms with E-state index in [2.05, 4.69) is 20.8 Å². The summed E-state index contributed by atoms with van der Waals surface area (Å²) in [5.41, 5.74) is -0.461. The Hall–Kier alpha value is -1.06. The van der Waals surface area contributed by atoms with Crippen LogP contribution >= 0.6 is 0 Å². The molecular formula is C34H71AlO6. The zero-order chi connectivity index (χ0) is 30.9. The minimum atomic E-state index is -0.682. The van der Waals surface area contributed by atoms with Crippen molar-refractivity contribution in [3.05, 3.63) is 0 Å². The Morgan fingerprint density at radius 2 is 0.707 bits per heavy atom. The van der Waals surface area contributed by atoms with Crippen LogP contribution in [0.4, 0.5) is 0 Å². The maximum atomic E-state index is 11.4. The molecule has 0 saturated heterocycles. The molecule has 0 aromatic carbocycles. The van der Waals surface area contributed by atoms with Gasteiger partial charge in [-0.15, -0.1) is 0 Å². The van der Waals surface area contributed by atoms with Gasteiger partial charge in [0.1, 0.15) is 0 Å². The highest BCUT2D eigenvalue weighted by Gasteiger charge is 2.33. The van der Waals surface area contributed by atoms with Crippen LogP contribution in [0.1, 0.15) is 195 Å². The molecule has 0 aliphatic rings. The maximum Gasteiger partial charge on any atom is 0.309 e. The van der Waals surface area contributed by atoms with Gasteiger partial charge in [0.15, 0.2) is 17.4 Å². The monoisotopic (exact) mass is 603 g/mol. The lowest BCUT2D eigenvalue weighted by molar-refractivity contribution is -0.150. The smallest absolute Gasteiger partial charge is 0.309 e. The van der Waals surface area contributed by atoms with Crippen LogP contribution in [0.15, 0.2) is 0 Å². The van der Waals surface area contributed by atoms with E-state index in [0.29, 0.717) is 12.8 Å². The molecule has 41 heavy (non-hydrogen) atoms. The first-order chi connectivity index (χ1) is 19.2. The molecule has 0 aromatic rings. The highest BCUT2D eigenvalue weighted by molar-refractivity contribution is 5.75. The Morgan fingerprint density at radius 3 is 0.951 bits per heavy atom. The minimum Gasteiger partial charge on any atom is -0.481 e. The number of rotatable bonds is 26. The van der Waals surface area contributed by atoms with Gasteiger partial charge in [-0.1, -0.05) is 150 Å². The first kappa shape index (κ1) is 46.9. The summed E-state index contributed by atoms with van der Waals surface area (Å²) >= 11 is 0. The fraction of sp³-hybridized carbons (Fsp3) is 0.912. The van der Waals surface area contributed by atoms with Crippen molar-refractivity contribution >= 4 is 35.3 Å². The van der Waals surface area contributed by atoms with Crippen LogP contribution in [0.2, 0.25) is 0 Å². The summed E-state index contributed by atoms with van der Waals surface area (Å²) in [7, 11) is 0. The molecule has 0 unspecified atom stereocenters. The van der Waals surface area contributed by atoms with Crippen molar-refractivity contribution in [3.63, 3.8) is 0 Å². The van der Waals surface area contributed by atoms with E-state index in [9.17, 15) is 19.5 Å². The van der Waals surface area contributed by atoms with E-state index in [0.717, 1.165) is 64.2 Å². The molecular weight excluding hydrogens is 531 g/mol. The van der Waals surface area contributed by atoms with E-state index >= 15 is 0 Å². The third kappa shape index (κ3) is 36.9. The molecule has 246 valence electrons. The maximum absolute atomic E-state index is 11.4. The molecule has 0 bridgehead atoms. The highest BCUT2D eigenvalue weighted by atomic mass is 27.0. The predicted octanol–water partition coefficient (Wildman–Crippen LogP) is 9.87. The number of hydrogen-bond donors (Lipinski definition) is 3. The Morgan fingerprint density at radius 1 is 0.439 bits per heavy atom. The van der Waals surface area contributed by atoms with Crippen molar-refractivity contribution < 1.29 is 29.7 Å². The molecule has 0 atom stereocenters. The summed E-state index contributed by atoms with van der Waals surface area (Å²) < 4.78 is 0. The van der Waals surface area contributed by atoms with Crippen molar-refractivity contribution in [2.24, 2.45) is 5.41 Å². The van der Waals surface area contributed by atoms with Gasteiger partial charge in [0, 0.05) is 12.8 Å². The largest absolute Gasteiger partial charge is 0.481 e. The topological polar surface area (TPSA) is 112 Å². The lowest BCUT2D eigenvalue weighted by Gasteiger charge is -2.26. The molecule has 0 aliphatic carbocycles. The minimum absolute atomic E-state index is 0. The Kier molecular flexibility index (Phi) is 42.3. The highest BCUT2D eigenvalue weighted by Crippen LogP contribution is 2.33. The van der Waals surface area contributed by atoms with Crippen LogP contribution in [-0.4, -0.2) is 50.6 Å². The molecule has 3 N–H and O–H groups in total. The second-order valence-electron chi connectivity index (χ2n) is 11.3. The first-order valence-corrected chi connectivity index (χ1v) is 16.8. The molecule has 0 amide bonds. The van der Waals surface area contributed by atoms with E-state index in [4.69, 9.17) is 10.2 Å². The number of carboxylic acid groups (broad SMARTS) is 3. The molecule has 0 rings (SSSR count). The third-order valence-electron chi connectivity index (χ3n) is 7.80. The second-order valence-corrected chi connectivity index (χ2v) is 11.3.